The van der Waals surface area contributed by atoms with Crippen LogP contribution in [0.1, 0.15) is 17.8 Å². The van der Waals surface area contributed by atoms with Gasteiger partial charge in [-0.1, -0.05) is 18.7 Å². The standard InChI is InChI=1S/C11H15NOS/c1-3-6-9(13-4-2)11(12)10-7-5-8-14-10/h3,5-8,11H,1,4,12H2,2H3/b9-6+/t11-/m0/s1. The topological polar surface area (TPSA) is 35.2 Å². The third-order valence-corrected chi connectivity index (χ3v) is 2.70. The van der Waals surface area contributed by atoms with Crippen molar-refractivity contribution in [2.24, 2.45) is 5.73 Å². The number of rotatable bonds is 5. The van der Waals surface area contributed by atoms with Crippen molar-refractivity contribution in [1.29, 1.82) is 0 Å². The van der Waals surface area contributed by atoms with E-state index in [1.54, 1.807) is 17.4 Å². The summed E-state index contributed by atoms with van der Waals surface area (Å²) in [7, 11) is 0. The highest BCUT2D eigenvalue weighted by molar-refractivity contribution is 7.10. The van der Waals surface area contributed by atoms with Gasteiger partial charge in [0, 0.05) is 4.88 Å². The van der Waals surface area contributed by atoms with Gasteiger partial charge in [-0.05, 0) is 24.4 Å². The molecule has 1 rings (SSSR count). The Morgan fingerprint density at radius 1 is 1.79 bits per heavy atom. The molecule has 0 saturated heterocycles. The van der Waals surface area contributed by atoms with Crippen LogP contribution >= 0.6 is 11.3 Å². The Hall–Kier alpha value is -1.06. The van der Waals surface area contributed by atoms with Crippen LogP contribution < -0.4 is 5.73 Å². The van der Waals surface area contributed by atoms with E-state index in [4.69, 9.17) is 10.5 Å². The van der Waals surface area contributed by atoms with Crippen LogP contribution in [0, 0.1) is 0 Å². The quantitative estimate of drug-likeness (QED) is 0.598. The number of allylic oxidation sites excluding steroid dienone is 2. The molecule has 0 unspecified atom stereocenters. The second-order valence-corrected chi connectivity index (χ2v) is 3.71. The number of ether oxygens (including phenoxy) is 1. The highest BCUT2D eigenvalue weighted by Crippen LogP contribution is 2.24. The Balaban J connectivity index is 2.78. The van der Waals surface area contributed by atoms with Gasteiger partial charge in [0.25, 0.3) is 0 Å². The molecule has 0 amide bonds. The monoisotopic (exact) mass is 209 g/mol. The Morgan fingerprint density at radius 3 is 3.07 bits per heavy atom. The van der Waals surface area contributed by atoms with Crippen LogP contribution in [-0.2, 0) is 4.74 Å². The lowest BCUT2D eigenvalue weighted by molar-refractivity contribution is 0.210. The molecule has 14 heavy (non-hydrogen) atoms. The van der Waals surface area contributed by atoms with Gasteiger partial charge in [-0.15, -0.1) is 11.3 Å². The number of hydrogen-bond acceptors (Lipinski definition) is 3. The van der Waals surface area contributed by atoms with Gasteiger partial charge in [0.15, 0.2) is 0 Å². The first kappa shape index (κ1) is 11.0. The first-order valence-corrected chi connectivity index (χ1v) is 5.42. The van der Waals surface area contributed by atoms with E-state index in [1.165, 1.54) is 0 Å². The first-order valence-electron chi connectivity index (χ1n) is 4.54. The molecule has 0 aliphatic carbocycles. The lowest BCUT2D eigenvalue weighted by atomic mass is 10.2. The molecule has 3 heteroatoms. The van der Waals surface area contributed by atoms with Crippen molar-refractivity contribution in [3.63, 3.8) is 0 Å². The zero-order valence-corrected chi connectivity index (χ0v) is 9.09. The molecule has 0 aliphatic rings. The number of hydrogen-bond donors (Lipinski definition) is 1. The fourth-order valence-electron chi connectivity index (χ4n) is 1.13. The third kappa shape index (κ3) is 2.72. The molecule has 1 aromatic rings. The smallest absolute Gasteiger partial charge is 0.118 e. The molecule has 2 N–H and O–H groups in total. The van der Waals surface area contributed by atoms with E-state index in [0.29, 0.717) is 6.61 Å². The highest BCUT2D eigenvalue weighted by atomic mass is 32.1. The summed E-state index contributed by atoms with van der Waals surface area (Å²) in [6, 6.07) is 3.82. The lowest BCUT2D eigenvalue weighted by Gasteiger charge is -2.14. The molecule has 0 saturated carbocycles. The molecule has 0 aromatic carbocycles. The lowest BCUT2D eigenvalue weighted by Crippen LogP contribution is -2.14. The minimum Gasteiger partial charge on any atom is -0.496 e. The molecular weight excluding hydrogens is 194 g/mol. The SMILES string of the molecule is C=C/C=C(/OCC)[C@H](N)c1cccs1. The predicted molar refractivity (Wildman–Crippen MR) is 61.2 cm³/mol. The molecule has 2 nitrogen and oxygen atoms in total. The fraction of sp³-hybridized carbons (Fsp3) is 0.273. The van der Waals surface area contributed by atoms with Crippen molar-refractivity contribution in [2.75, 3.05) is 6.61 Å². The summed E-state index contributed by atoms with van der Waals surface area (Å²) in [5, 5.41) is 2.01. The summed E-state index contributed by atoms with van der Waals surface area (Å²) in [6.45, 7) is 6.20. The Labute approximate surface area is 88.7 Å². The van der Waals surface area contributed by atoms with Crippen molar-refractivity contribution >= 4 is 11.3 Å². The van der Waals surface area contributed by atoms with Crippen molar-refractivity contribution < 1.29 is 4.74 Å². The summed E-state index contributed by atoms with van der Waals surface area (Å²) in [5.41, 5.74) is 6.03. The molecule has 1 aromatic heterocycles. The summed E-state index contributed by atoms with van der Waals surface area (Å²) in [6.07, 6.45) is 3.51. The summed E-state index contributed by atoms with van der Waals surface area (Å²) >= 11 is 1.63. The molecule has 1 atom stereocenters. The van der Waals surface area contributed by atoms with Crippen molar-refractivity contribution in [1.82, 2.24) is 0 Å². The third-order valence-electron chi connectivity index (χ3n) is 1.75. The Bertz CT molecular complexity index is 303. The van der Waals surface area contributed by atoms with Gasteiger partial charge in [0.2, 0.25) is 0 Å². The zero-order chi connectivity index (χ0) is 10.4. The van der Waals surface area contributed by atoms with Crippen LogP contribution in [0.2, 0.25) is 0 Å². The molecule has 76 valence electrons. The minimum absolute atomic E-state index is 0.173. The molecule has 0 aliphatic heterocycles. The molecule has 0 bridgehead atoms. The van der Waals surface area contributed by atoms with Gasteiger partial charge in [-0.3, -0.25) is 0 Å². The molecule has 0 fully saturated rings. The van der Waals surface area contributed by atoms with Crippen LogP contribution in [0.15, 0.2) is 42.0 Å². The van der Waals surface area contributed by atoms with Gasteiger partial charge in [-0.2, -0.15) is 0 Å². The Morgan fingerprint density at radius 2 is 2.57 bits per heavy atom. The first-order chi connectivity index (χ1) is 6.79. The minimum atomic E-state index is -0.173. The fourth-order valence-corrected chi connectivity index (χ4v) is 1.87. The van der Waals surface area contributed by atoms with Crippen LogP contribution in [0.5, 0.6) is 0 Å². The maximum atomic E-state index is 6.03. The number of nitrogens with two attached hydrogens (primary N) is 1. The van der Waals surface area contributed by atoms with Crippen LogP contribution in [0.3, 0.4) is 0 Å². The second-order valence-electron chi connectivity index (χ2n) is 2.73. The molecule has 1 heterocycles. The van der Waals surface area contributed by atoms with Gasteiger partial charge >= 0.3 is 0 Å². The van der Waals surface area contributed by atoms with E-state index in [0.717, 1.165) is 10.6 Å². The molecule has 0 radical (unpaired) electrons. The molecular formula is C11H15NOS. The van der Waals surface area contributed by atoms with Crippen molar-refractivity contribution in [3.05, 3.63) is 46.9 Å². The summed E-state index contributed by atoms with van der Waals surface area (Å²) < 4.78 is 5.44. The van der Waals surface area contributed by atoms with Gasteiger partial charge in [-0.25, -0.2) is 0 Å². The average molecular weight is 209 g/mol. The summed E-state index contributed by atoms with van der Waals surface area (Å²) in [4.78, 5) is 1.10. The van der Waals surface area contributed by atoms with Crippen molar-refractivity contribution in [3.8, 4) is 0 Å². The van der Waals surface area contributed by atoms with Gasteiger partial charge < -0.3 is 10.5 Å². The van der Waals surface area contributed by atoms with E-state index in [2.05, 4.69) is 6.58 Å². The van der Waals surface area contributed by atoms with Crippen molar-refractivity contribution in [2.45, 2.75) is 13.0 Å². The summed E-state index contributed by atoms with van der Waals surface area (Å²) in [5.74, 6) is 0.768. The van der Waals surface area contributed by atoms with Crippen LogP contribution in [0.25, 0.3) is 0 Å². The number of thiophene rings is 1. The predicted octanol–water partition coefficient (Wildman–Crippen LogP) is 2.85. The maximum Gasteiger partial charge on any atom is 0.118 e. The zero-order valence-electron chi connectivity index (χ0n) is 8.27. The van der Waals surface area contributed by atoms with Gasteiger partial charge in [0.1, 0.15) is 5.76 Å². The van der Waals surface area contributed by atoms with Crippen LogP contribution in [0.4, 0.5) is 0 Å². The van der Waals surface area contributed by atoms with E-state index in [-0.39, 0.29) is 6.04 Å². The second kappa shape index (κ2) is 5.62. The Kier molecular flexibility index (Phi) is 4.43. The highest BCUT2D eigenvalue weighted by Gasteiger charge is 2.12. The van der Waals surface area contributed by atoms with E-state index in [1.807, 2.05) is 30.5 Å². The van der Waals surface area contributed by atoms with Gasteiger partial charge in [0.05, 0.1) is 12.6 Å². The molecule has 0 spiro atoms. The van der Waals surface area contributed by atoms with E-state index >= 15 is 0 Å². The van der Waals surface area contributed by atoms with E-state index in [9.17, 15) is 0 Å². The normalized spacial score (nSPS) is 13.7. The average Bonchev–Trinajstić information content (AvgIpc) is 2.69. The maximum absolute atomic E-state index is 6.03. The van der Waals surface area contributed by atoms with E-state index < -0.39 is 0 Å². The van der Waals surface area contributed by atoms with Crippen LogP contribution in [-0.4, -0.2) is 6.61 Å². The largest absolute Gasteiger partial charge is 0.496 e.